The van der Waals surface area contributed by atoms with Gasteiger partial charge in [0.1, 0.15) is 0 Å². The lowest BCUT2D eigenvalue weighted by atomic mass is 10.3. The van der Waals surface area contributed by atoms with E-state index < -0.39 is 0 Å². The summed E-state index contributed by atoms with van der Waals surface area (Å²) in [6, 6.07) is 3.28. The van der Waals surface area contributed by atoms with Gasteiger partial charge in [0.05, 0.1) is 0 Å². The average Bonchev–Trinajstić information content (AvgIpc) is 2.08. The van der Waals surface area contributed by atoms with E-state index in [9.17, 15) is 0 Å². The Morgan fingerprint density at radius 1 is 1.30 bits per heavy atom. The highest BCUT2D eigenvalue weighted by Crippen LogP contribution is 2.10. The van der Waals surface area contributed by atoms with Crippen molar-refractivity contribution >= 4 is 9.52 Å². The predicted octanol–water partition coefficient (Wildman–Crippen LogP) is 2.21. The largest absolute Gasteiger partial charge is 0.120 e. The van der Waals surface area contributed by atoms with Crippen molar-refractivity contribution in [2.24, 2.45) is 0 Å². The van der Waals surface area contributed by atoms with Gasteiger partial charge in [-0.1, -0.05) is 38.3 Å². The highest BCUT2D eigenvalue weighted by molar-refractivity contribution is 6.35. The van der Waals surface area contributed by atoms with Crippen LogP contribution in [0.3, 0.4) is 0 Å². The first-order valence-corrected chi connectivity index (χ1v) is 6.35. The zero-order valence-electron chi connectivity index (χ0n) is 7.03. The fraction of sp³-hybridized carbons (Fsp3) is 0.778. The van der Waals surface area contributed by atoms with Crippen LogP contribution >= 0.6 is 0 Å². The Hall–Kier alpha value is -0.223. The van der Waals surface area contributed by atoms with E-state index in [4.69, 9.17) is 6.42 Å². The number of hydrogen-bond donors (Lipinski definition) is 0. The molecule has 0 aliphatic carbocycles. The van der Waals surface area contributed by atoms with Gasteiger partial charge < -0.3 is 0 Å². The summed E-state index contributed by atoms with van der Waals surface area (Å²) in [4.78, 5) is 0. The molecule has 0 saturated carbocycles. The standard InChI is InChI=1S/C5H12Si.C4H6/c1-2-4-6-5-3-1;1-3-4-2/h1-6H2;1H,4H2,2H3. The van der Waals surface area contributed by atoms with Crippen LogP contribution in [0.5, 0.6) is 0 Å². The van der Waals surface area contributed by atoms with Gasteiger partial charge in [-0.05, 0) is 0 Å². The second-order valence-electron chi connectivity index (χ2n) is 2.68. The summed E-state index contributed by atoms with van der Waals surface area (Å²) in [5, 5.41) is 0. The Labute approximate surface area is 67.2 Å². The molecular weight excluding hydrogens is 136 g/mol. The first kappa shape index (κ1) is 9.78. The van der Waals surface area contributed by atoms with E-state index in [1.807, 2.05) is 6.92 Å². The molecule has 1 saturated heterocycles. The minimum atomic E-state index is 0.508. The summed E-state index contributed by atoms with van der Waals surface area (Å²) in [5.74, 6) is 2.43. The first-order valence-electron chi connectivity index (χ1n) is 4.35. The summed E-state index contributed by atoms with van der Waals surface area (Å²) in [5.41, 5.74) is 0. The summed E-state index contributed by atoms with van der Waals surface area (Å²) in [6.45, 7) is 1.94. The predicted molar refractivity (Wildman–Crippen MR) is 51.1 cm³/mol. The Balaban J connectivity index is 0.000000180. The zero-order valence-corrected chi connectivity index (χ0v) is 8.44. The molecule has 1 aliphatic heterocycles. The SMILES string of the molecule is C#CCC.C1CC[SiH2]CC1. The van der Waals surface area contributed by atoms with Gasteiger partial charge in [-0.15, -0.1) is 12.3 Å². The van der Waals surface area contributed by atoms with Gasteiger partial charge in [-0.2, -0.15) is 0 Å². The number of hydrogen-bond acceptors (Lipinski definition) is 0. The van der Waals surface area contributed by atoms with Crippen LogP contribution in [0.25, 0.3) is 0 Å². The van der Waals surface area contributed by atoms with Crippen molar-refractivity contribution in [1.82, 2.24) is 0 Å². The molecule has 0 aromatic heterocycles. The molecule has 1 rings (SSSR count). The molecule has 1 aliphatic rings. The molecule has 1 fully saturated rings. The van der Waals surface area contributed by atoms with Crippen LogP contribution in [0.15, 0.2) is 0 Å². The summed E-state index contributed by atoms with van der Waals surface area (Å²) in [6.07, 6.45) is 10.3. The van der Waals surface area contributed by atoms with E-state index in [0.29, 0.717) is 9.52 Å². The summed E-state index contributed by atoms with van der Waals surface area (Å²) < 4.78 is 0. The normalized spacial score (nSPS) is 16.4. The smallest absolute Gasteiger partial charge is 0.0197 e. The maximum Gasteiger partial charge on any atom is 0.0197 e. The van der Waals surface area contributed by atoms with Crippen molar-refractivity contribution in [3.05, 3.63) is 0 Å². The molecule has 0 spiro atoms. The van der Waals surface area contributed by atoms with Crippen molar-refractivity contribution < 1.29 is 0 Å². The van der Waals surface area contributed by atoms with Gasteiger partial charge >= 0.3 is 0 Å². The van der Waals surface area contributed by atoms with Gasteiger partial charge in [0.15, 0.2) is 0 Å². The fourth-order valence-corrected chi connectivity index (χ4v) is 2.83. The third-order valence-electron chi connectivity index (χ3n) is 1.70. The lowest BCUT2D eigenvalue weighted by Gasteiger charge is -2.04. The molecule has 0 N–H and O–H groups in total. The van der Waals surface area contributed by atoms with Crippen molar-refractivity contribution in [2.75, 3.05) is 0 Å². The van der Waals surface area contributed by atoms with Gasteiger partial charge in [-0.25, -0.2) is 0 Å². The molecule has 0 bridgehead atoms. The Bertz CT molecular complexity index is 75.9. The van der Waals surface area contributed by atoms with Gasteiger partial charge in [0.2, 0.25) is 0 Å². The minimum absolute atomic E-state index is 0.508. The second kappa shape index (κ2) is 8.78. The van der Waals surface area contributed by atoms with Crippen LogP contribution in [0.1, 0.15) is 32.6 Å². The highest BCUT2D eigenvalue weighted by Gasteiger charge is 1.96. The molecule has 1 heterocycles. The topological polar surface area (TPSA) is 0 Å². The van der Waals surface area contributed by atoms with Crippen LogP contribution in [0, 0.1) is 12.3 Å². The van der Waals surface area contributed by atoms with Crippen LogP contribution in [0.4, 0.5) is 0 Å². The molecule has 1 heteroatoms. The van der Waals surface area contributed by atoms with E-state index in [0.717, 1.165) is 6.42 Å². The van der Waals surface area contributed by atoms with Gasteiger partial charge in [0.25, 0.3) is 0 Å². The average molecular weight is 154 g/mol. The maximum atomic E-state index is 4.78. The van der Waals surface area contributed by atoms with Crippen LogP contribution in [-0.4, -0.2) is 9.52 Å². The fourth-order valence-electron chi connectivity index (χ4n) is 1.06. The number of terminal acetylenes is 1. The monoisotopic (exact) mass is 154 g/mol. The molecule has 0 aromatic carbocycles. The lowest BCUT2D eigenvalue weighted by molar-refractivity contribution is 0.734. The molecule has 0 atom stereocenters. The third-order valence-corrected chi connectivity index (χ3v) is 3.70. The van der Waals surface area contributed by atoms with Crippen molar-refractivity contribution in [2.45, 2.75) is 44.7 Å². The highest BCUT2D eigenvalue weighted by atomic mass is 28.2. The Morgan fingerprint density at radius 3 is 1.90 bits per heavy atom. The van der Waals surface area contributed by atoms with E-state index in [2.05, 4.69) is 5.92 Å². The van der Waals surface area contributed by atoms with Crippen molar-refractivity contribution in [3.63, 3.8) is 0 Å². The Morgan fingerprint density at radius 2 is 1.80 bits per heavy atom. The van der Waals surface area contributed by atoms with Crippen LogP contribution in [-0.2, 0) is 0 Å². The third kappa shape index (κ3) is 7.78. The maximum absolute atomic E-state index is 4.78. The van der Waals surface area contributed by atoms with E-state index in [1.54, 1.807) is 24.9 Å². The Kier molecular flexibility index (Phi) is 8.58. The molecule has 0 unspecified atom stereocenters. The molecule has 0 amide bonds. The van der Waals surface area contributed by atoms with E-state index >= 15 is 0 Å². The van der Waals surface area contributed by atoms with E-state index in [1.165, 1.54) is 6.42 Å². The quantitative estimate of drug-likeness (QED) is 0.371. The molecule has 10 heavy (non-hydrogen) atoms. The minimum Gasteiger partial charge on any atom is -0.120 e. The van der Waals surface area contributed by atoms with E-state index in [-0.39, 0.29) is 0 Å². The van der Waals surface area contributed by atoms with Crippen molar-refractivity contribution in [1.29, 1.82) is 0 Å². The molecular formula is C9H18Si. The summed E-state index contributed by atoms with van der Waals surface area (Å²) >= 11 is 0. The van der Waals surface area contributed by atoms with Crippen LogP contribution < -0.4 is 0 Å². The van der Waals surface area contributed by atoms with Crippen molar-refractivity contribution in [3.8, 4) is 12.3 Å². The summed E-state index contributed by atoms with van der Waals surface area (Å²) in [7, 11) is 0.508. The molecule has 0 nitrogen and oxygen atoms in total. The van der Waals surface area contributed by atoms with Gasteiger partial charge in [0, 0.05) is 15.9 Å². The second-order valence-corrected chi connectivity index (χ2v) is 4.80. The van der Waals surface area contributed by atoms with Crippen LogP contribution in [0.2, 0.25) is 12.1 Å². The molecule has 0 aromatic rings. The number of rotatable bonds is 0. The zero-order chi connectivity index (χ0) is 7.66. The lowest BCUT2D eigenvalue weighted by Crippen LogP contribution is -1.94. The molecule has 58 valence electrons. The molecule has 0 radical (unpaired) electrons. The first-order chi connectivity index (χ1) is 4.91. The van der Waals surface area contributed by atoms with Gasteiger partial charge in [-0.3, -0.25) is 0 Å².